The van der Waals surface area contributed by atoms with Crippen molar-refractivity contribution in [2.45, 2.75) is 18.5 Å². The largest absolute Gasteiger partial charge is 0.503 e. The lowest BCUT2D eigenvalue weighted by molar-refractivity contribution is 0.331. The van der Waals surface area contributed by atoms with E-state index in [0.29, 0.717) is 12.4 Å². The molecule has 2 aromatic heterocycles. The van der Waals surface area contributed by atoms with Gasteiger partial charge in [-0.1, -0.05) is 40.2 Å². The summed E-state index contributed by atoms with van der Waals surface area (Å²) in [4.78, 5) is 16.4. The van der Waals surface area contributed by atoms with Crippen LogP contribution in [-0.4, -0.2) is 24.4 Å². The quantitative estimate of drug-likeness (QED) is 0.493. The smallest absolute Gasteiger partial charge is 0.242 e. The molecule has 0 amide bonds. The number of hydrogen-bond donors (Lipinski definition) is 1. The highest BCUT2D eigenvalue weighted by atomic mass is 79.9. The monoisotopic (exact) mass is 466 g/mol. The third-order valence-electron chi connectivity index (χ3n) is 5.43. The molecular weight excluding hydrogens is 451 g/mol. The molecule has 30 heavy (non-hydrogen) atoms. The van der Waals surface area contributed by atoms with Crippen molar-refractivity contribution in [1.29, 1.82) is 0 Å². The van der Waals surface area contributed by atoms with Crippen molar-refractivity contribution in [3.8, 4) is 17.3 Å². The summed E-state index contributed by atoms with van der Waals surface area (Å²) in [7, 11) is 0. The maximum Gasteiger partial charge on any atom is 0.242 e. The van der Waals surface area contributed by atoms with Crippen LogP contribution in [0.5, 0.6) is 5.75 Å². The highest BCUT2D eigenvalue weighted by Gasteiger charge is 2.35. The molecule has 0 spiro atoms. The van der Waals surface area contributed by atoms with Crippen molar-refractivity contribution in [2.24, 2.45) is 0 Å². The van der Waals surface area contributed by atoms with Gasteiger partial charge < -0.3 is 9.67 Å². The zero-order chi connectivity index (χ0) is 20.8. The Balaban J connectivity index is 1.76. The molecule has 6 nitrogen and oxygen atoms in total. The van der Waals surface area contributed by atoms with E-state index in [2.05, 4.69) is 26.0 Å². The highest BCUT2D eigenvalue weighted by molar-refractivity contribution is 9.10. The summed E-state index contributed by atoms with van der Waals surface area (Å²) in [6.07, 6.45) is 4.56. The average molecular weight is 467 g/mol. The molecule has 1 N–H and O–H groups in total. The third-order valence-corrected chi connectivity index (χ3v) is 5.93. The fourth-order valence-corrected chi connectivity index (χ4v) is 4.54. The van der Waals surface area contributed by atoms with Gasteiger partial charge in [-0.3, -0.25) is 9.48 Å². The van der Waals surface area contributed by atoms with Crippen LogP contribution in [0.3, 0.4) is 0 Å². The molecule has 2 atom stereocenters. The van der Waals surface area contributed by atoms with E-state index < -0.39 is 5.43 Å². The van der Waals surface area contributed by atoms with Crippen molar-refractivity contribution < 1.29 is 9.50 Å². The van der Waals surface area contributed by atoms with E-state index in [1.165, 1.54) is 12.1 Å². The number of benzene rings is 2. The number of rotatable bonds is 3. The second-order valence-corrected chi connectivity index (χ2v) is 8.12. The van der Waals surface area contributed by atoms with E-state index in [0.717, 1.165) is 21.8 Å². The fraction of sp³-hybridized carbons (Fsp3) is 0.136. The Bertz CT molecular complexity index is 1300. The van der Waals surface area contributed by atoms with Crippen LogP contribution in [0.15, 0.2) is 76.4 Å². The highest BCUT2D eigenvalue weighted by Crippen LogP contribution is 2.42. The van der Waals surface area contributed by atoms with Crippen molar-refractivity contribution in [1.82, 2.24) is 19.3 Å². The van der Waals surface area contributed by atoms with Gasteiger partial charge in [0.05, 0.1) is 12.2 Å². The van der Waals surface area contributed by atoms with Crippen LogP contribution in [0.4, 0.5) is 4.39 Å². The van der Waals surface area contributed by atoms with Crippen LogP contribution in [0.1, 0.15) is 23.1 Å². The second kappa shape index (κ2) is 7.21. The van der Waals surface area contributed by atoms with Gasteiger partial charge in [-0.25, -0.2) is 9.37 Å². The van der Waals surface area contributed by atoms with Crippen LogP contribution >= 0.6 is 15.9 Å². The van der Waals surface area contributed by atoms with Gasteiger partial charge in [0.2, 0.25) is 5.43 Å². The number of imidazole rings is 1. The van der Waals surface area contributed by atoms with Gasteiger partial charge in [-0.05, 0) is 35.4 Å². The topological polar surface area (TPSA) is 72.9 Å². The van der Waals surface area contributed by atoms with Gasteiger partial charge in [-0.15, -0.1) is 0 Å². The first-order chi connectivity index (χ1) is 14.5. The van der Waals surface area contributed by atoms with Crippen molar-refractivity contribution >= 4 is 15.9 Å². The molecule has 0 saturated carbocycles. The van der Waals surface area contributed by atoms with Crippen molar-refractivity contribution in [3.63, 3.8) is 0 Å². The lowest BCUT2D eigenvalue weighted by atomic mass is 9.84. The Morgan fingerprint density at radius 1 is 1.17 bits per heavy atom. The first-order valence-corrected chi connectivity index (χ1v) is 10.2. The van der Waals surface area contributed by atoms with Gasteiger partial charge in [0.1, 0.15) is 11.5 Å². The average Bonchev–Trinajstić information content (AvgIpc) is 3.20. The van der Waals surface area contributed by atoms with E-state index in [-0.39, 0.29) is 29.2 Å². The van der Waals surface area contributed by atoms with Gasteiger partial charge in [0.25, 0.3) is 0 Å². The molecule has 0 bridgehead atoms. The number of aromatic hydroxyl groups is 1. The Morgan fingerprint density at radius 3 is 2.73 bits per heavy atom. The molecule has 4 aromatic rings. The van der Waals surface area contributed by atoms with E-state index in [4.69, 9.17) is 0 Å². The summed E-state index contributed by atoms with van der Waals surface area (Å²) in [5, 5.41) is 14.9. The molecule has 3 heterocycles. The normalized spacial score (nSPS) is 16.0. The van der Waals surface area contributed by atoms with Crippen LogP contribution in [0.25, 0.3) is 11.5 Å². The second-order valence-electron chi connectivity index (χ2n) is 7.21. The van der Waals surface area contributed by atoms with Gasteiger partial charge in [-0.2, -0.15) is 5.10 Å². The van der Waals surface area contributed by atoms with E-state index in [1.54, 1.807) is 23.0 Å². The first-order valence-electron chi connectivity index (χ1n) is 9.36. The molecule has 5 rings (SSSR count). The molecule has 0 aliphatic carbocycles. The maximum atomic E-state index is 13.6. The van der Waals surface area contributed by atoms with Gasteiger partial charge in [0, 0.05) is 29.3 Å². The molecule has 2 aromatic carbocycles. The number of aromatic nitrogens is 4. The third kappa shape index (κ3) is 3.04. The Hall–Kier alpha value is -3.26. The Labute approximate surface area is 179 Å². The number of nitrogens with zero attached hydrogens (tertiary/aromatic N) is 4. The Kier molecular flexibility index (Phi) is 4.51. The molecule has 1 unspecified atom stereocenters. The van der Waals surface area contributed by atoms with E-state index in [9.17, 15) is 14.3 Å². The molecule has 1 aliphatic rings. The van der Waals surface area contributed by atoms with E-state index in [1.807, 2.05) is 35.0 Å². The van der Waals surface area contributed by atoms with Crippen molar-refractivity contribution in [2.75, 3.05) is 0 Å². The summed E-state index contributed by atoms with van der Waals surface area (Å²) in [6, 6.07) is 14.0. The standard InChI is InChI=1S/C22H16BrFN4O2/c23-15-3-1-2-14(10-15)19(13-4-6-16(24)7-5-13)17-12-27-9-8-25-22(27)20-21(30)18(29)11-26-28(17)20/h1-11,17,19,30H,12H2/t17-,19?/m1/s1. The lowest BCUT2D eigenvalue weighted by Crippen LogP contribution is -2.32. The summed E-state index contributed by atoms with van der Waals surface area (Å²) >= 11 is 3.53. The Morgan fingerprint density at radius 2 is 1.97 bits per heavy atom. The molecular formula is C22H16BrFN4O2. The predicted octanol–water partition coefficient (Wildman–Crippen LogP) is 4.10. The molecule has 1 aliphatic heterocycles. The molecule has 0 fully saturated rings. The molecule has 150 valence electrons. The van der Waals surface area contributed by atoms with Crippen molar-refractivity contribution in [3.05, 3.63) is 98.8 Å². The fourth-order valence-electron chi connectivity index (χ4n) is 4.12. The first kappa shape index (κ1) is 18.7. The zero-order valence-electron chi connectivity index (χ0n) is 15.6. The van der Waals surface area contributed by atoms with Crippen LogP contribution in [-0.2, 0) is 6.54 Å². The van der Waals surface area contributed by atoms with Crippen LogP contribution in [0, 0.1) is 5.82 Å². The van der Waals surface area contributed by atoms with Crippen LogP contribution in [0.2, 0.25) is 0 Å². The predicted molar refractivity (Wildman–Crippen MR) is 113 cm³/mol. The maximum absolute atomic E-state index is 13.6. The molecule has 0 saturated heterocycles. The minimum absolute atomic E-state index is 0.216. The summed E-state index contributed by atoms with van der Waals surface area (Å²) in [5.41, 5.74) is 1.62. The molecule has 0 radical (unpaired) electrons. The van der Waals surface area contributed by atoms with E-state index >= 15 is 0 Å². The molecule has 8 heteroatoms. The zero-order valence-corrected chi connectivity index (χ0v) is 17.2. The van der Waals surface area contributed by atoms with Crippen LogP contribution < -0.4 is 5.43 Å². The summed E-state index contributed by atoms with van der Waals surface area (Å²) in [6.45, 7) is 0.520. The number of hydrogen-bond acceptors (Lipinski definition) is 4. The lowest BCUT2D eigenvalue weighted by Gasteiger charge is -2.34. The summed E-state index contributed by atoms with van der Waals surface area (Å²) in [5.74, 6) is -0.422. The minimum atomic E-state index is -0.558. The minimum Gasteiger partial charge on any atom is -0.503 e. The summed E-state index contributed by atoms with van der Waals surface area (Å²) < 4.78 is 18.1. The van der Waals surface area contributed by atoms with Gasteiger partial charge in [0.15, 0.2) is 11.6 Å². The SMILES string of the molecule is O=c1cnn2c(c1O)-c1nccn1C[C@@H]2C(c1ccc(F)cc1)c1cccc(Br)c1. The number of halogens is 2. The number of fused-ring (bicyclic) bond motifs is 3. The van der Waals surface area contributed by atoms with Gasteiger partial charge >= 0.3 is 0 Å².